The van der Waals surface area contributed by atoms with Crippen molar-refractivity contribution in [2.75, 3.05) is 10.8 Å². The van der Waals surface area contributed by atoms with Crippen LogP contribution in [0.3, 0.4) is 0 Å². The first-order valence-electron chi connectivity index (χ1n) is 13.1. The van der Waals surface area contributed by atoms with E-state index >= 15 is 0 Å². The molecule has 0 aliphatic heterocycles. The molecule has 0 bridgehead atoms. The van der Waals surface area contributed by atoms with E-state index in [1.807, 2.05) is 57.2 Å². The lowest BCUT2D eigenvalue weighted by atomic mass is 10.1. The second-order valence-corrected chi connectivity index (χ2v) is 12.3. The molecular formula is C30H36BrN3O4S. The largest absolute Gasteiger partial charge is 0.352 e. The number of nitrogens with one attached hydrogen (secondary N) is 1. The number of sulfonamides is 1. The molecule has 9 heteroatoms. The summed E-state index contributed by atoms with van der Waals surface area (Å²) in [5.41, 5.74) is 2.25. The van der Waals surface area contributed by atoms with Crippen LogP contribution in [0.4, 0.5) is 5.69 Å². The number of hydrogen-bond donors (Lipinski definition) is 1. The third-order valence-electron chi connectivity index (χ3n) is 6.68. The number of aryl methyl sites for hydroxylation is 1. The first kappa shape index (κ1) is 30.4. The molecule has 0 saturated heterocycles. The molecule has 0 heterocycles. The summed E-state index contributed by atoms with van der Waals surface area (Å²) in [5, 5.41) is 2.94. The van der Waals surface area contributed by atoms with Crippen LogP contribution in [-0.2, 0) is 32.6 Å². The van der Waals surface area contributed by atoms with E-state index in [-0.39, 0.29) is 23.4 Å². The summed E-state index contributed by atoms with van der Waals surface area (Å²) in [6, 6.07) is 21.8. The van der Waals surface area contributed by atoms with Crippen LogP contribution in [-0.4, -0.2) is 43.8 Å². The lowest BCUT2D eigenvalue weighted by Gasteiger charge is -2.32. The minimum absolute atomic E-state index is 0.0587. The molecule has 0 aliphatic rings. The molecule has 0 fully saturated rings. The smallest absolute Gasteiger partial charge is 0.264 e. The van der Waals surface area contributed by atoms with Crippen molar-refractivity contribution in [3.05, 3.63) is 94.5 Å². The summed E-state index contributed by atoms with van der Waals surface area (Å²) in [6.45, 7) is 7.24. The fraction of sp³-hybridized carbons (Fsp3) is 0.333. The second kappa shape index (κ2) is 13.8. The van der Waals surface area contributed by atoms with Crippen LogP contribution in [0.2, 0.25) is 0 Å². The Morgan fingerprint density at radius 2 is 1.46 bits per heavy atom. The van der Waals surface area contributed by atoms with Crippen molar-refractivity contribution in [2.45, 2.75) is 64.1 Å². The molecule has 3 aromatic carbocycles. The van der Waals surface area contributed by atoms with Gasteiger partial charge in [-0.3, -0.25) is 13.9 Å². The monoisotopic (exact) mass is 613 g/mol. The summed E-state index contributed by atoms with van der Waals surface area (Å²) < 4.78 is 29.6. The van der Waals surface area contributed by atoms with E-state index in [4.69, 9.17) is 0 Å². The van der Waals surface area contributed by atoms with E-state index < -0.39 is 28.5 Å². The standard InChI is InChI=1S/C30H36BrN3O4S/c1-5-22(3)32-30(36)23(4)33(20-25-12-16-26(31)17-13-25)29(35)21-34(27-18-14-24(6-2)15-19-27)39(37,38)28-10-8-7-9-11-28/h7-19,22-23H,5-6,20-21H2,1-4H3,(H,32,36)/t22-,23+/m0/s1. The van der Waals surface area contributed by atoms with Crippen LogP contribution >= 0.6 is 15.9 Å². The number of halogens is 1. The van der Waals surface area contributed by atoms with Crippen molar-refractivity contribution in [1.29, 1.82) is 0 Å². The highest BCUT2D eigenvalue weighted by Crippen LogP contribution is 2.25. The molecule has 0 spiro atoms. The predicted octanol–water partition coefficient (Wildman–Crippen LogP) is 5.54. The summed E-state index contributed by atoms with van der Waals surface area (Å²) in [6.07, 6.45) is 1.55. The van der Waals surface area contributed by atoms with Crippen LogP contribution in [0.5, 0.6) is 0 Å². The summed E-state index contributed by atoms with van der Waals surface area (Å²) >= 11 is 3.42. The van der Waals surface area contributed by atoms with Crippen molar-refractivity contribution in [3.8, 4) is 0 Å². The van der Waals surface area contributed by atoms with Gasteiger partial charge >= 0.3 is 0 Å². The van der Waals surface area contributed by atoms with Crippen LogP contribution in [0, 0.1) is 0 Å². The van der Waals surface area contributed by atoms with E-state index in [9.17, 15) is 18.0 Å². The second-order valence-electron chi connectivity index (χ2n) is 9.49. The molecule has 0 radical (unpaired) electrons. The molecular weight excluding hydrogens is 578 g/mol. The molecule has 1 N–H and O–H groups in total. The molecule has 2 atom stereocenters. The Kier molecular flexibility index (Phi) is 10.7. The fourth-order valence-corrected chi connectivity index (χ4v) is 5.68. The van der Waals surface area contributed by atoms with Gasteiger partial charge in [0.15, 0.2) is 0 Å². The van der Waals surface area contributed by atoms with Gasteiger partial charge in [-0.1, -0.05) is 72.2 Å². The van der Waals surface area contributed by atoms with E-state index in [0.29, 0.717) is 5.69 Å². The molecule has 39 heavy (non-hydrogen) atoms. The topological polar surface area (TPSA) is 86.8 Å². The molecule has 2 amide bonds. The Morgan fingerprint density at radius 3 is 2.03 bits per heavy atom. The maximum atomic E-state index is 13.9. The lowest BCUT2D eigenvalue weighted by Crippen LogP contribution is -2.52. The highest BCUT2D eigenvalue weighted by molar-refractivity contribution is 9.10. The van der Waals surface area contributed by atoms with E-state index in [1.165, 1.54) is 17.0 Å². The molecule has 0 unspecified atom stereocenters. The van der Waals surface area contributed by atoms with E-state index in [1.54, 1.807) is 37.3 Å². The van der Waals surface area contributed by atoms with Gasteiger partial charge in [0.2, 0.25) is 11.8 Å². The Hall–Kier alpha value is -3.17. The Bertz CT molecular complexity index is 1350. The SMILES string of the molecule is CCc1ccc(N(CC(=O)N(Cc2ccc(Br)cc2)[C@H](C)C(=O)N[C@@H](C)CC)S(=O)(=O)c2ccccc2)cc1. The first-order chi connectivity index (χ1) is 18.6. The highest BCUT2D eigenvalue weighted by atomic mass is 79.9. The van der Waals surface area contributed by atoms with Gasteiger partial charge in [0.1, 0.15) is 12.6 Å². The average molecular weight is 615 g/mol. The van der Waals surface area contributed by atoms with Gasteiger partial charge in [-0.2, -0.15) is 0 Å². The van der Waals surface area contributed by atoms with Crippen molar-refractivity contribution < 1.29 is 18.0 Å². The van der Waals surface area contributed by atoms with Crippen molar-refractivity contribution in [2.24, 2.45) is 0 Å². The van der Waals surface area contributed by atoms with Crippen LogP contribution in [0.1, 0.15) is 45.2 Å². The zero-order valence-corrected chi connectivity index (χ0v) is 25.2. The zero-order valence-electron chi connectivity index (χ0n) is 22.8. The van der Waals surface area contributed by atoms with Crippen molar-refractivity contribution >= 4 is 43.5 Å². The fourth-order valence-electron chi connectivity index (χ4n) is 3.98. The average Bonchev–Trinajstić information content (AvgIpc) is 2.95. The van der Waals surface area contributed by atoms with Crippen molar-refractivity contribution in [3.63, 3.8) is 0 Å². The number of hydrogen-bond acceptors (Lipinski definition) is 4. The Morgan fingerprint density at radius 1 is 0.872 bits per heavy atom. The van der Waals surface area contributed by atoms with E-state index in [2.05, 4.69) is 21.2 Å². The molecule has 3 rings (SSSR count). The first-order valence-corrected chi connectivity index (χ1v) is 15.3. The highest BCUT2D eigenvalue weighted by Gasteiger charge is 2.32. The molecule has 0 aromatic heterocycles. The lowest BCUT2D eigenvalue weighted by molar-refractivity contribution is -0.139. The van der Waals surface area contributed by atoms with Crippen LogP contribution < -0.4 is 9.62 Å². The number of nitrogens with zero attached hydrogens (tertiary/aromatic N) is 2. The maximum Gasteiger partial charge on any atom is 0.264 e. The molecule has 208 valence electrons. The van der Waals surface area contributed by atoms with E-state index in [0.717, 1.165) is 32.7 Å². The number of carbonyl (C=O) groups is 2. The number of amides is 2. The summed E-state index contributed by atoms with van der Waals surface area (Å²) in [7, 11) is -4.07. The summed E-state index contributed by atoms with van der Waals surface area (Å²) in [5.74, 6) is -0.775. The van der Waals surface area contributed by atoms with Gasteiger partial charge in [-0.25, -0.2) is 8.42 Å². The van der Waals surface area contributed by atoms with Gasteiger partial charge in [-0.05, 0) is 74.2 Å². The van der Waals surface area contributed by atoms with Crippen molar-refractivity contribution in [1.82, 2.24) is 10.2 Å². The van der Waals surface area contributed by atoms with Gasteiger partial charge in [0, 0.05) is 17.1 Å². The minimum atomic E-state index is -4.07. The van der Waals surface area contributed by atoms with Gasteiger partial charge < -0.3 is 10.2 Å². The number of carbonyl (C=O) groups excluding carboxylic acids is 2. The molecule has 0 aliphatic carbocycles. The maximum absolute atomic E-state index is 13.9. The number of benzene rings is 3. The zero-order chi connectivity index (χ0) is 28.6. The third kappa shape index (κ3) is 7.92. The third-order valence-corrected chi connectivity index (χ3v) is 8.99. The van der Waals surface area contributed by atoms with Gasteiger partial charge in [0.05, 0.1) is 10.6 Å². The predicted molar refractivity (Wildman–Crippen MR) is 159 cm³/mol. The molecule has 7 nitrogen and oxygen atoms in total. The van der Waals surface area contributed by atoms with Crippen LogP contribution in [0.25, 0.3) is 0 Å². The minimum Gasteiger partial charge on any atom is -0.352 e. The Labute approximate surface area is 240 Å². The van der Waals surface area contributed by atoms with Crippen LogP contribution in [0.15, 0.2) is 88.2 Å². The normalized spacial score (nSPS) is 12.8. The molecule has 3 aromatic rings. The Balaban J connectivity index is 2.01. The summed E-state index contributed by atoms with van der Waals surface area (Å²) in [4.78, 5) is 28.6. The van der Waals surface area contributed by atoms with Gasteiger partial charge in [0.25, 0.3) is 10.0 Å². The van der Waals surface area contributed by atoms with Gasteiger partial charge in [-0.15, -0.1) is 0 Å². The number of anilines is 1. The number of rotatable bonds is 12. The molecule has 0 saturated carbocycles. The quantitative estimate of drug-likeness (QED) is 0.291.